The Bertz CT molecular complexity index is 475. The largest absolute Gasteiger partial charge is 0.287 e. The van der Waals surface area contributed by atoms with Gasteiger partial charge in [0.2, 0.25) is 10.9 Å². The van der Waals surface area contributed by atoms with Crippen molar-refractivity contribution >= 4 is 52.1 Å². The molecule has 0 amide bonds. The second kappa shape index (κ2) is 4.57. The zero-order valence-corrected chi connectivity index (χ0v) is 9.93. The third-order valence-electron chi connectivity index (χ3n) is 1.86. The van der Waals surface area contributed by atoms with E-state index in [0.29, 0.717) is 5.69 Å². The van der Waals surface area contributed by atoms with Gasteiger partial charge in [0.1, 0.15) is 5.82 Å². The molecule has 0 fully saturated rings. The molecule has 0 saturated carbocycles. The lowest BCUT2D eigenvalue weighted by Crippen LogP contribution is -2.31. The minimum Gasteiger partial charge on any atom is -0.287 e. The molecule has 1 atom stereocenters. The predicted molar refractivity (Wildman–Crippen MR) is 64.3 cm³/mol. The molecule has 0 N–H and O–H groups in total. The summed E-state index contributed by atoms with van der Waals surface area (Å²) in [6, 6.07) is 4.13. The number of hydrogen-bond acceptors (Lipinski definition) is 3. The summed E-state index contributed by atoms with van der Waals surface area (Å²) in [5.74, 6) is -0.507. The van der Waals surface area contributed by atoms with Gasteiger partial charge in [0, 0.05) is 5.69 Å². The molecule has 0 aromatic heterocycles. The van der Waals surface area contributed by atoms with Crippen LogP contribution in [0.15, 0.2) is 28.2 Å². The second-order valence-electron chi connectivity index (χ2n) is 2.89. The van der Waals surface area contributed by atoms with Gasteiger partial charge in [0.25, 0.3) is 0 Å². The molecule has 0 saturated heterocycles. The Balaban J connectivity index is 2.32. The fraction of sp³-hybridized carbons (Fsp3) is 0.111. The molecule has 7 heteroatoms. The summed E-state index contributed by atoms with van der Waals surface area (Å²) in [7, 11) is 0. The van der Waals surface area contributed by atoms with E-state index >= 15 is 0 Å². The van der Waals surface area contributed by atoms with Gasteiger partial charge < -0.3 is 0 Å². The van der Waals surface area contributed by atoms with Gasteiger partial charge in [-0.15, -0.1) is 0 Å². The average molecular weight is 280 g/mol. The third kappa shape index (κ3) is 2.29. The summed E-state index contributed by atoms with van der Waals surface area (Å²) in [5.41, 5.74) is -0.241. The molecule has 0 spiro atoms. The lowest BCUT2D eigenvalue weighted by atomic mass is 10.3. The average Bonchev–Trinajstić information content (AvgIpc) is 2.22. The number of nitrogens with zero attached hydrogens (tertiary/aromatic N) is 3. The van der Waals surface area contributed by atoms with Gasteiger partial charge in [0.15, 0.2) is 6.34 Å². The summed E-state index contributed by atoms with van der Waals surface area (Å²) >= 11 is 17.1. The van der Waals surface area contributed by atoms with Crippen LogP contribution in [0.4, 0.5) is 10.1 Å². The van der Waals surface area contributed by atoms with Crippen LogP contribution in [0.1, 0.15) is 0 Å². The van der Waals surface area contributed by atoms with Gasteiger partial charge in [0.05, 0.1) is 5.02 Å². The number of amidine groups is 1. The van der Waals surface area contributed by atoms with Crippen molar-refractivity contribution < 1.29 is 4.39 Å². The van der Waals surface area contributed by atoms with Crippen molar-refractivity contribution in [1.82, 2.24) is 0 Å². The molecule has 1 aromatic carbocycles. The maximum atomic E-state index is 12.9. The standard InChI is InChI=1S/C9H4Cl3FN3/c10-6-3-5(1-2-7(6)13)16-4-14-8(11)15-9(16)12/h1-3,9H. The van der Waals surface area contributed by atoms with Crippen LogP contribution in [-0.2, 0) is 0 Å². The number of aliphatic imine (C=N–C) groups is 2. The van der Waals surface area contributed by atoms with Crippen LogP contribution < -0.4 is 4.90 Å². The molecule has 0 aliphatic carbocycles. The molecule has 3 nitrogen and oxygen atoms in total. The van der Waals surface area contributed by atoms with Crippen LogP contribution in [0.5, 0.6) is 0 Å². The lowest BCUT2D eigenvalue weighted by molar-refractivity contribution is 0.628. The predicted octanol–water partition coefficient (Wildman–Crippen LogP) is 3.32. The highest BCUT2D eigenvalue weighted by atomic mass is 35.5. The fourth-order valence-corrected chi connectivity index (χ4v) is 1.74. The third-order valence-corrected chi connectivity index (χ3v) is 2.62. The van der Waals surface area contributed by atoms with Crippen LogP contribution in [0.25, 0.3) is 0 Å². The van der Waals surface area contributed by atoms with Crippen LogP contribution >= 0.6 is 34.8 Å². The van der Waals surface area contributed by atoms with Crippen LogP contribution in [0, 0.1) is 5.82 Å². The Morgan fingerprint density at radius 1 is 1.38 bits per heavy atom. The van der Waals surface area contributed by atoms with E-state index in [2.05, 4.69) is 16.3 Å². The Labute approximate surface area is 106 Å². The van der Waals surface area contributed by atoms with E-state index in [1.165, 1.54) is 23.1 Å². The molecular formula is C9H4Cl3FN3. The Kier molecular flexibility index (Phi) is 3.33. The number of alkyl halides is 1. The quantitative estimate of drug-likeness (QED) is 0.572. The normalized spacial score (nSPS) is 19.9. The topological polar surface area (TPSA) is 28.0 Å². The van der Waals surface area contributed by atoms with Gasteiger partial charge >= 0.3 is 0 Å². The van der Waals surface area contributed by atoms with Crippen molar-refractivity contribution in [2.45, 2.75) is 5.62 Å². The maximum absolute atomic E-state index is 12.9. The summed E-state index contributed by atoms with van der Waals surface area (Å²) in [6.07, 6.45) is 2.56. The number of anilines is 1. The first kappa shape index (κ1) is 11.6. The first-order chi connectivity index (χ1) is 7.58. The minimum atomic E-state index is -0.772. The van der Waals surface area contributed by atoms with Crippen LogP contribution in [0.3, 0.4) is 0 Å². The zero-order valence-electron chi connectivity index (χ0n) is 7.66. The fourth-order valence-electron chi connectivity index (χ4n) is 1.13. The summed E-state index contributed by atoms with van der Waals surface area (Å²) in [5, 5.41) is 0.00766. The number of rotatable bonds is 1. The molecule has 1 aromatic rings. The van der Waals surface area contributed by atoms with E-state index < -0.39 is 11.4 Å². The second-order valence-corrected chi connectivity index (χ2v) is 4.02. The first-order valence-electron chi connectivity index (χ1n) is 4.16. The molecule has 2 rings (SSSR count). The SMILES string of the molecule is Fc1ccc(N2[C]=NC(Cl)=NC2Cl)cc1Cl. The van der Waals surface area contributed by atoms with Gasteiger partial charge in [-0.3, -0.25) is 4.90 Å². The van der Waals surface area contributed by atoms with Gasteiger partial charge in [-0.05, 0) is 29.8 Å². The van der Waals surface area contributed by atoms with Crippen LogP contribution in [0.2, 0.25) is 5.02 Å². The number of halogens is 4. The van der Waals surface area contributed by atoms with Crippen molar-refractivity contribution in [3.63, 3.8) is 0 Å². The number of benzene rings is 1. The van der Waals surface area contributed by atoms with E-state index in [-0.39, 0.29) is 10.3 Å². The molecule has 1 aliphatic rings. The van der Waals surface area contributed by atoms with E-state index in [1.54, 1.807) is 0 Å². The van der Waals surface area contributed by atoms with Crippen molar-refractivity contribution in [3.05, 3.63) is 29.0 Å². The van der Waals surface area contributed by atoms with Crippen molar-refractivity contribution in [2.75, 3.05) is 4.90 Å². The first-order valence-corrected chi connectivity index (χ1v) is 5.35. The monoisotopic (exact) mass is 278 g/mol. The number of hydrogen-bond donors (Lipinski definition) is 0. The Morgan fingerprint density at radius 2 is 2.12 bits per heavy atom. The highest BCUT2D eigenvalue weighted by Crippen LogP contribution is 2.26. The van der Waals surface area contributed by atoms with E-state index in [4.69, 9.17) is 34.8 Å². The Hall–Kier alpha value is -0.840. The maximum Gasteiger partial charge on any atom is 0.223 e. The Morgan fingerprint density at radius 3 is 2.75 bits per heavy atom. The molecular weight excluding hydrogens is 275 g/mol. The van der Waals surface area contributed by atoms with E-state index in [1.807, 2.05) is 0 Å². The van der Waals surface area contributed by atoms with Gasteiger partial charge in [-0.2, -0.15) is 4.99 Å². The highest BCUT2D eigenvalue weighted by molar-refractivity contribution is 6.66. The van der Waals surface area contributed by atoms with E-state index in [0.717, 1.165) is 0 Å². The van der Waals surface area contributed by atoms with Gasteiger partial charge in [-0.1, -0.05) is 23.2 Å². The van der Waals surface area contributed by atoms with Crippen molar-refractivity contribution in [3.8, 4) is 0 Å². The summed E-state index contributed by atoms with van der Waals surface area (Å²) in [4.78, 5) is 8.85. The minimum absolute atomic E-state index is 0.0104. The molecule has 1 aliphatic heterocycles. The molecule has 1 radical (unpaired) electrons. The van der Waals surface area contributed by atoms with Crippen molar-refractivity contribution in [2.24, 2.45) is 9.98 Å². The highest BCUT2D eigenvalue weighted by Gasteiger charge is 2.19. The molecule has 1 unspecified atom stereocenters. The lowest BCUT2D eigenvalue weighted by Gasteiger charge is -2.23. The van der Waals surface area contributed by atoms with E-state index in [9.17, 15) is 4.39 Å². The molecule has 83 valence electrons. The van der Waals surface area contributed by atoms with Crippen LogP contribution in [-0.4, -0.2) is 17.3 Å². The molecule has 16 heavy (non-hydrogen) atoms. The molecule has 1 heterocycles. The van der Waals surface area contributed by atoms with Crippen molar-refractivity contribution in [1.29, 1.82) is 0 Å². The summed E-state index contributed by atoms with van der Waals surface area (Å²) in [6.45, 7) is 0. The van der Waals surface area contributed by atoms with Gasteiger partial charge in [-0.25, -0.2) is 9.38 Å². The summed E-state index contributed by atoms with van der Waals surface area (Å²) < 4.78 is 12.9. The smallest absolute Gasteiger partial charge is 0.223 e. The molecule has 0 bridgehead atoms. The zero-order chi connectivity index (χ0) is 11.7.